The molecule has 0 amide bonds. The van der Waals surface area contributed by atoms with Crippen molar-refractivity contribution in [3.63, 3.8) is 0 Å². The Morgan fingerprint density at radius 3 is 1.41 bits per heavy atom. The summed E-state index contributed by atoms with van der Waals surface area (Å²) in [4.78, 5) is 2.35. The molecule has 0 atom stereocenters. The largest absolute Gasteiger partial charge is 0.310 e. The Hall–Kier alpha value is -7.94. The van der Waals surface area contributed by atoms with E-state index in [-0.39, 0.29) is 0 Å². The van der Waals surface area contributed by atoms with Gasteiger partial charge in [-0.3, -0.25) is 0 Å². The van der Waals surface area contributed by atoms with Gasteiger partial charge in [-0.1, -0.05) is 182 Å². The molecule has 2 heteroatoms. The van der Waals surface area contributed by atoms with E-state index in [4.69, 9.17) is 0 Å². The first-order chi connectivity index (χ1) is 30.3. The molecular weight excluding hydrogens is 737 g/mol. The Labute approximate surface area is 354 Å². The number of hydrogen-bond donors (Lipinski definition) is 0. The van der Waals surface area contributed by atoms with Crippen molar-refractivity contribution < 1.29 is 0 Å². The van der Waals surface area contributed by atoms with Crippen LogP contribution in [0.15, 0.2) is 231 Å². The Bertz CT molecular complexity index is 3440. The Morgan fingerprint density at radius 2 is 0.770 bits per heavy atom. The molecule has 2 aliphatic carbocycles. The minimum atomic E-state index is -0.442. The van der Waals surface area contributed by atoms with Gasteiger partial charge < -0.3 is 9.47 Å². The van der Waals surface area contributed by atoms with Crippen LogP contribution in [-0.2, 0) is 5.41 Å². The zero-order valence-electron chi connectivity index (χ0n) is 33.3. The number of hydrogen-bond acceptors (Lipinski definition) is 1. The lowest BCUT2D eigenvalue weighted by Gasteiger charge is -2.32. The number of fused-ring (bicyclic) bond motifs is 14. The zero-order chi connectivity index (χ0) is 40.1. The van der Waals surface area contributed by atoms with E-state index in [9.17, 15) is 0 Å². The summed E-state index contributed by atoms with van der Waals surface area (Å²) in [6, 6.07) is 85.2. The number of para-hydroxylation sites is 3. The van der Waals surface area contributed by atoms with Crippen LogP contribution in [0, 0.1) is 0 Å². The van der Waals surface area contributed by atoms with Gasteiger partial charge >= 0.3 is 0 Å². The molecule has 11 aromatic rings. The lowest BCUT2D eigenvalue weighted by molar-refractivity contribution is 0.796. The van der Waals surface area contributed by atoms with Gasteiger partial charge in [-0.2, -0.15) is 0 Å². The summed E-state index contributed by atoms with van der Waals surface area (Å²) >= 11 is 0. The molecule has 0 saturated carbocycles. The number of aromatic nitrogens is 1. The maximum atomic E-state index is 2.49. The normalized spacial score (nSPS) is 13.0. The quantitative estimate of drug-likeness (QED) is 0.169. The molecular formula is C59H38N2. The van der Waals surface area contributed by atoms with Gasteiger partial charge in [0.25, 0.3) is 0 Å². The fourth-order valence-electron chi connectivity index (χ4n) is 11.1. The Kier molecular flexibility index (Phi) is 7.26. The summed E-state index contributed by atoms with van der Waals surface area (Å²) in [5, 5.41) is 4.91. The third kappa shape index (κ3) is 4.67. The van der Waals surface area contributed by atoms with Crippen molar-refractivity contribution in [3.05, 3.63) is 253 Å². The van der Waals surface area contributed by atoms with Gasteiger partial charge in [0.1, 0.15) is 0 Å². The standard InChI is InChI=1S/C59H38N2/c1-3-18-39(19-4-1)60(40-20-5-2-6-21-40)41-34-35-49-48-27-12-16-33-55(48)61(57(49)38-41)56-37-36-43(42-22-7-8-26-47(42)56)50-28-17-29-51-46-25-11-15-32-54(46)59(58(50)51)52-30-13-9-23-44(52)45-24-10-14-31-53(45)59/h1-38H. The van der Waals surface area contributed by atoms with Gasteiger partial charge in [0.05, 0.1) is 22.1 Å². The van der Waals surface area contributed by atoms with Crippen LogP contribution in [-0.4, -0.2) is 4.57 Å². The lowest BCUT2D eigenvalue weighted by atomic mass is 9.68. The summed E-state index contributed by atoms with van der Waals surface area (Å²) in [5.41, 5.74) is 19.6. The van der Waals surface area contributed by atoms with Crippen LogP contribution >= 0.6 is 0 Å². The first-order valence-electron chi connectivity index (χ1n) is 21.2. The molecule has 2 nitrogen and oxygen atoms in total. The highest BCUT2D eigenvalue weighted by Gasteiger charge is 2.52. The van der Waals surface area contributed by atoms with Gasteiger partial charge in [0.15, 0.2) is 0 Å². The van der Waals surface area contributed by atoms with Crippen LogP contribution in [0.3, 0.4) is 0 Å². The fraction of sp³-hybridized carbons (Fsp3) is 0.0169. The predicted octanol–water partition coefficient (Wildman–Crippen LogP) is 15.4. The summed E-state index contributed by atoms with van der Waals surface area (Å²) < 4.78 is 2.49. The molecule has 0 radical (unpaired) electrons. The average Bonchev–Trinajstić information content (AvgIpc) is 3.94. The zero-order valence-corrected chi connectivity index (χ0v) is 33.3. The topological polar surface area (TPSA) is 8.17 Å². The van der Waals surface area contributed by atoms with Crippen LogP contribution in [0.2, 0.25) is 0 Å². The average molecular weight is 775 g/mol. The van der Waals surface area contributed by atoms with E-state index in [0.717, 1.165) is 22.7 Å². The Morgan fingerprint density at radius 1 is 0.295 bits per heavy atom. The summed E-state index contributed by atoms with van der Waals surface area (Å²) in [6.07, 6.45) is 0. The number of nitrogens with zero attached hydrogens (tertiary/aromatic N) is 2. The molecule has 284 valence electrons. The molecule has 0 fully saturated rings. The van der Waals surface area contributed by atoms with Crippen LogP contribution in [0.25, 0.3) is 71.6 Å². The van der Waals surface area contributed by atoms with Gasteiger partial charge in [0.2, 0.25) is 0 Å². The minimum Gasteiger partial charge on any atom is -0.310 e. The van der Waals surface area contributed by atoms with E-state index in [1.54, 1.807) is 0 Å². The van der Waals surface area contributed by atoms with E-state index in [1.165, 1.54) is 88.2 Å². The van der Waals surface area contributed by atoms with E-state index in [0.29, 0.717) is 0 Å². The van der Waals surface area contributed by atoms with Gasteiger partial charge in [-0.05, 0) is 110 Å². The molecule has 1 aromatic heterocycles. The lowest BCUT2D eigenvalue weighted by Crippen LogP contribution is -2.26. The highest BCUT2D eigenvalue weighted by Crippen LogP contribution is 2.64. The molecule has 0 N–H and O–H groups in total. The summed E-state index contributed by atoms with van der Waals surface area (Å²) in [5.74, 6) is 0. The smallest absolute Gasteiger partial charge is 0.0731 e. The molecule has 0 bridgehead atoms. The molecule has 61 heavy (non-hydrogen) atoms. The van der Waals surface area contributed by atoms with Gasteiger partial charge in [-0.25, -0.2) is 0 Å². The number of benzene rings is 10. The summed E-state index contributed by atoms with van der Waals surface area (Å²) in [7, 11) is 0. The monoisotopic (exact) mass is 774 g/mol. The number of anilines is 3. The van der Waals surface area contributed by atoms with Crippen molar-refractivity contribution in [2.45, 2.75) is 5.41 Å². The molecule has 10 aromatic carbocycles. The molecule has 1 heterocycles. The van der Waals surface area contributed by atoms with Crippen LogP contribution in [0.5, 0.6) is 0 Å². The molecule has 13 rings (SSSR count). The van der Waals surface area contributed by atoms with Crippen molar-refractivity contribution in [2.24, 2.45) is 0 Å². The first-order valence-corrected chi connectivity index (χ1v) is 21.2. The maximum Gasteiger partial charge on any atom is 0.0731 e. The molecule has 1 spiro atoms. The van der Waals surface area contributed by atoms with Gasteiger partial charge in [0, 0.05) is 33.2 Å². The van der Waals surface area contributed by atoms with Crippen molar-refractivity contribution >= 4 is 49.6 Å². The first kappa shape index (κ1) is 34.0. The van der Waals surface area contributed by atoms with Gasteiger partial charge in [-0.15, -0.1) is 0 Å². The molecule has 0 aliphatic heterocycles. The van der Waals surface area contributed by atoms with E-state index in [2.05, 4.69) is 240 Å². The SMILES string of the molecule is c1ccc(N(c2ccccc2)c2ccc3c4ccccc4n(-c4ccc(-c5cccc6c5C5(c7ccccc7-c7ccccc75)c5ccccc5-6)c5ccccc45)c3c2)cc1. The fourth-order valence-corrected chi connectivity index (χ4v) is 11.1. The third-order valence-electron chi connectivity index (χ3n) is 13.4. The minimum absolute atomic E-state index is 0.442. The van der Waals surface area contributed by atoms with E-state index in [1.807, 2.05) is 0 Å². The molecule has 0 unspecified atom stereocenters. The highest BCUT2D eigenvalue weighted by atomic mass is 15.1. The molecule has 0 saturated heterocycles. The second kappa shape index (κ2) is 13.0. The van der Waals surface area contributed by atoms with E-state index < -0.39 is 5.41 Å². The van der Waals surface area contributed by atoms with Crippen molar-refractivity contribution in [2.75, 3.05) is 4.90 Å². The second-order valence-corrected chi connectivity index (χ2v) is 16.4. The predicted molar refractivity (Wildman–Crippen MR) is 255 cm³/mol. The van der Waals surface area contributed by atoms with Crippen LogP contribution in [0.4, 0.5) is 17.1 Å². The highest BCUT2D eigenvalue weighted by molar-refractivity contribution is 6.13. The Balaban J connectivity index is 1.07. The maximum absolute atomic E-state index is 2.49. The van der Waals surface area contributed by atoms with E-state index >= 15 is 0 Å². The van der Waals surface area contributed by atoms with Crippen molar-refractivity contribution in [1.82, 2.24) is 4.57 Å². The summed E-state index contributed by atoms with van der Waals surface area (Å²) in [6.45, 7) is 0. The van der Waals surface area contributed by atoms with Crippen LogP contribution < -0.4 is 4.90 Å². The molecule has 2 aliphatic rings. The third-order valence-corrected chi connectivity index (χ3v) is 13.4. The second-order valence-electron chi connectivity index (χ2n) is 16.4. The number of rotatable bonds is 5. The van der Waals surface area contributed by atoms with Crippen LogP contribution in [0.1, 0.15) is 22.3 Å². The van der Waals surface area contributed by atoms with Crippen molar-refractivity contribution in [1.29, 1.82) is 0 Å². The van der Waals surface area contributed by atoms with Crippen molar-refractivity contribution in [3.8, 4) is 39.1 Å².